The van der Waals surface area contributed by atoms with E-state index in [0.717, 1.165) is 11.0 Å². The van der Waals surface area contributed by atoms with Crippen molar-refractivity contribution in [2.45, 2.75) is 6.92 Å². The van der Waals surface area contributed by atoms with Gasteiger partial charge < -0.3 is 4.74 Å². The van der Waals surface area contributed by atoms with Crippen molar-refractivity contribution in [1.82, 2.24) is 0 Å². The minimum atomic E-state index is -1.13. The number of ether oxygens (including phenoxy) is 1. The van der Waals surface area contributed by atoms with Crippen LogP contribution in [0.4, 0.5) is 10.1 Å². The van der Waals surface area contributed by atoms with Crippen LogP contribution in [0.2, 0.25) is 0 Å². The van der Waals surface area contributed by atoms with E-state index in [1.54, 1.807) is 13.0 Å². The molecule has 0 spiro atoms. The first-order chi connectivity index (χ1) is 10.0. The molecule has 0 radical (unpaired) electrons. The fourth-order valence-electron chi connectivity index (χ4n) is 2.02. The minimum Gasteiger partial charge on any atom is -0.465 e. The van der Waals surface area contributed by atoms with Crippen LogP contribution in [0.3, 0.4) is 0 Å². The number of rotatable bonds is 3. The molecule has 6 heteroatoms. The summed E-state index contributed by atoms with van der Waals surface area (Å²) >= 11 is 0. The number of hydrogen-bond acceptors (Lipinski definition) is 4. The molecule has 1 aliphatic rings. The van der Waals surface area contributed by atoms with Crippen molar-refractivity contribution < 1.29 is 23.5 Å². The van der Waals surface area contributed by atoms with Gasteiger partial charge in [-0.25, -0.2) is 4.39 Å². The second-order valence-corrected chi connectivity index (χ2v) is 4.43. The molecule has 1 aromatic carbocycles. The molecule has 21 heavy (non-hydrogen) atoms. The van der Waals surface area contributed by atoms with Gasteiger partial charge in [0.05, 0.1) is 18.8 Å². The Bertz CT molecular complexity index is 611. The van der Waals surface area contributed by atoms with Gasteiger partial charge in [0.2, 0.25) is 0 Å². The molecule has 5 nitrogen and oxygen atoms in total. The molecule has 0 aromatic heterocycles. The molecule has 0 saturated carbocycles. The molecule has 2 rings (SSSR count). The number of halogens is 1. The van der Waals surface area contributed by atoms with Gasteiger partial charge in [-0.05, 0) is 19.1 Å². The van der Waals surface area contributed by atoms with Crippen LogP contribution in [-0.4, -0.2) is 30.8 Å². The first kappa shape index (κ1) is 14.9. The lowest BCUT2D eigenvalue weighted by atomic mass is 10.0. The van der Waals surface area contributed by atoms with Gasteiger partial charge in [-0.1, -0.05) is 18.2 Å². The lowest BCUT2D eigenvalue weighted by Gasteiger charge is -2.20. The van der Waals surface area contributed by atoms with Gasteiger partial charge in [0, 0.05) is 6.08 Å². The van der Waals surface area contributed by atoms with Gasteiger partial charge in [-0.3, -0.25) is 19.3 Å². The number of benzene rings is 1. The molecule has 1 unspecified atom stereocenters. The Morgan fingerprint density at radius 3 is 2.76 bits per heavy atom. The second-order valence-electron chi connectivity index (χ2n) is 4.43. The molecule has 0 aliphatic carbocycles. The van der Waals surface area contributed by atoms with Crippen molar-refractivity contribution >= 4 is 23.3 Å². The Labute approximate surface area is 121 Å². The molecule has 1 amide bonds. The summed E-state index contributed by atoms with van der Waals surface area (Å²) in [4.78, 5) is 36.8. The highest BCUT2D eigenvalue weighted by Gasteiger charge is 2.32. The number of carbonyl (C=O) groups excluding carboxylic acids is 3. The van der Waals surface area contributed by atoms with E-state index in [9.17, 15) is 18.8 Å². The largest absolute Gasteiger partial charge is 0.465 e. The summed E-state index contributed by atoms with van der Waals surface area (Å²) in [5, 5.41) is 0. The summed E-state index contributed by atoms with van der Waals surface area (Å²) in [6.07, 6.45) is 2.29. The molecule has 1 heterocycles. The van der Waals surface area contributed by atoms with Crippen LogP contribution in [-0.2, 0) is 19.1 Å². The van der Waals surface area contributed by atoms with Gasteiger partial charge in [0.15, 0.2) is 5.78 Å². The highest BCUT2D eigenvalue weighted by atomic mass is 19.1. The average Bonchev–Trinajstić information content (AvgIpc) is 2.59. The Hall–Kier alpha value is -2.50. The summed E-state index contributed by atoms with van der Waals surface area (Å²) in [6.45, 7) is 1.39. The highest BCUT2D eigenvalue weighted by molar-refractivity contribution is 6.12. The van der Waals surface area contributed by atoms with Crippen molar-refractivity contribution in [3.05, 3.63) is 42.2 Å². The quantitative estimate of drug-likeness (QED) is 0.625. The van der Waals surface area contributed by atoms with Crippen molar-refractivity contribution in [2.24, 2.45) is 5.92 Å². The van der Waals surface area contributed by atoms with Crippen molar-refractivity contribution in [1.29, 1.82) is 0 Å². The predicted molar refractivity (Wildman–Crippen MR) is 73.0 cm³/mol. The smallest absolute Gasteiger partial charge is 0.320 e. The summed E-state index contributed by atoms with van der Waals surface area (Å²) in [5.41, 5.74) is 0.00464. The van der Waals surface area contributed by atoms with Gasteiger partial charge in [-0.15, -0.1) is 0 Å². The van der Waals surface area contributed by atoms with Crippen molar-refractivity contribution in [2.75, 3.05) is 18.1 Å². The van der Waals surface area contributed by atoms with Gasteiger partial charge >= 0.3 is 5.97 Å². The number of carbonyl (C=O) groups is 3. The maximum atomic E-state index is 13.8. The first-order valence-corrected chi connectivity index (χ1v) is 6.48. The standard InChI is InChI=1S/C15H14FNO4/c1-2-21-15(20)10-7-8-14(19)17(9-13(10)18)12-6-4-3-5-11(12)16/h3-8,10H,2,9H2,1H3. The zero-order valence-electron chi connectivity index (χ0n) is 11.4. The molecule has 0 saturated heterocycles. The van der Waals surface area contributed by atoms with Crippen LogP contribution in [0.5, 0.6) is 0 Å². The van der Waals surface area contributed by atoms with Crippen LogP contribution in [0.1, 0.15) is 6.92 Å². The van der Waals surface area contributed by atoms with E-state index in [1.165, 1.54) is 24.3 Å². The molecule has 0 fully saturated rings. The van der Waals surface area contributed by atoms with E-state index >= 15 is 0 Å². The maximum Gasteiger partial charge on any atom is 0.320 e. The van der Waals surface area contributed by atoms with E-state index in [1.807, 2.05) is 0 Å². The van der Waals surface area contributed by atoms with E-state index in [0.29, 0.717) is 0 Å². The zero-order valence-corrected chi connectivity index (χ0v) is 11.4. The third-order valence-corrected chi connectivity index (χ3v) is 3.04. The molecule has 0 bridgehead atoms. The van der Waals surface area contributed by atoms with E-state index < -0.39 is 29.4 Å². The molecular weight excluding hydrogens is 277 g/mol. The number of ketones is 1. The van der Waals surface area contributed by atoms with Gasteiger partial charge in [0.25, 0.3) is 5.91 Å². The number of anilines is 1. The molecule has 110 valence electrons. The van der Waals surface area contributed by atoms with Crippen LogP contribution in [0.15, 0.2) is 36.4 Å². The number of hydrogen-bond donors (Lipinski definition) is 0. The number of Topliss-reactive ketones (excluding diaryl/α,β-unsaturated/α-hetero) is 1. The topological polar surface area (TPSA) is 63.7 Å². The average molecular weight is 291 g/mol. The maximum absolute atomic E-state index is 13.8. The summed E-state index contributed by atoms with van der Waals surface area (Å²) in [7, 11) is 0. The van der Waals surface area contributed by atoms with Crippen LogP contribution in [0, 0.1) is 11.7 Å². The fraction of sp³-hybridized carbons (Fsp3) is 0.267. The number of nitrogens with zero attached hydrogens (tertiary/aromatic N) is 1. The summed E-state index contributed by atoms with van der Waals surface area (Å²) in [6, 6.07) is 5.65. The van der Waals surface area contributed by atoms with Gasteiger partial charge in [-0.2, -0.15) is 0 Å². The summed E-state index contributed by atoms with van der Waals surface area (Å²) in [5.74, 6) is -3.52. The summed E-state index contributed by atoms with van der Waals surface area (Å²) < 4.78 is 18.6. The second kappa shape index (κ2) is 6.30. The van der Waals surface area contributed by atoms with Crippen LogP contribution in [0.25, 0.3) is 0 Å². The van der Waals surface area contributed by atoms with Crippen LogP contribution >= 0.6 is 0 Å². The number of esters is 1. The molecule has 1 aromatic rings. The van der Waals surface area contributed by atoms with E-state index in [4.69, 9.17) is 4.74 Å². The normalized spacial score (nSPS) is 18.6. The van der Waals surface area contributed by atoms with E-state index in [-0.39, 0.29) is 18.8 Å². The van der Waals surface area contributed by atoms with Gasteiger partial charge in [0.1, 0.15) is 11.7 Å². The van der Waals surface area contributed by atoms with Crippen molar-refractivity contribution in [3.8, 4) is 0 Å². The van der Waals surface area contributed by atoms with Crippen LogP contribution < -0.4 is 4.90 Å². The highest BCUT2D eigenvalue weighted by Crippen LogP contribution is 2.22. The SMILES string of the molecule is CCOC(=O)C1C=CC(=O)N(c2ccccc2F)CC1=O. The predicted octanol–water partition coefficient (Wildman–Crippen LogP) is 1.48. The lowest BCUT2D eigenvalue weighted by Crippen LogP contribution is -2.37. The Morgan fingerprint density at radius 1 is 1.38 bits per heavy atom. The molecule has 0 N–H and O–H groups in total. The molecule has 1 aliphatic heterocycles. The lowest BCUT2D eigenvalue weighted by molar-refractivity contribution is -0.149. The molecular formula is C15H14FNO4. The van der Waals surface area contributed by atoms with E-state index in [2.05, 4.69) is 0 Å². The molecule has 1 atom stereocenters. The first-order valence-electron chi connectivity index (χ1n) is 6.48. The minimum absolute atomic E-state index is 0.00464. The fourth-order valence-corrected chi connectivity index (χ4v) is 2.02. The Kier molecular flexibility index (Phi) is 4.47. The zero-order chi connectivity index (χ0) is 15.4. The number of para-hydroxylation sites is 1. The Morgan fingerprint density at radius 2 is 2.10 bits per heavy atom. The number of amides is 1. The Balaban J connectivity index is 2.28. The third-order valence-electron chi connectivity index (χ3n) is 3.04. The third kappa shape index (κ3) is 3.16. The monoisotopic (exact) mass is 291 g/mol. The van der Waals surface area contributed by atoms with Crippen molar-refractivity contribution in [3.63, 3.8) is 0 Å².